The van der Waals surface area contributed by atoms with Crippen molar-refractivity contribution < 1.29 is 5.11 Å². The highest BCUT2D eigenvalue weighted by Gasteiger charge is 2.08. The summed E-state index contributed by atoms with van der Waals surface area (Å²) in [7, 11) is 0. The van der Waals surface area contributed by atoms with Crippen LogP contribution in [-0.4, -0.2) is 33.2 Å². The number of aromatic nitrogens is 3. The molecule has 0 saturated carbocycles. The Hall–Kier alpha value is -2.99. The number of pyridine rings is 1. The summed E-state index contributed by atoms with van der Waals surface area (Å²) < 4.78 is 0. The van der Waals surface area contributed by atoms with Gasteiger partial charge in [0.2, 0.25) is 5.95 Å². The summed E-state index contributed by atoms with van der Waals surface area (Å²) in [6.45, 7) is 0.731. The van der Waals surface area contributed by atoms with Crippen molar-refractivity contribution in [3.05, 3.63) is 60.8 Å². The standard InChI is InChI=1S/C18H19N5O/c24-12-6-11-20-18-22-16(15-9-4-5-10-19-15)13-17(23-18)21-14-7-2-1-3-8-14/h1-5,7-10,13,24H,6,11-12H2,(H2,20,21,22,23). The molecule has 2 heterocycles. The Morgan fingerprint density at radius 3 is 2.50 bits per heavy atom. The van der Waals surface area contributed by atoms with Gasteiger partial charge in [-0.1, -0.05) is 24.3 Å². The van der Waals surface area contributed by atoms with Crippen molar-refractivity contribution in [1.29, 1.82) is 0 Å². The van der Waals surface area contributed by atoms with Crippen molar-refractivity contribution in [3.8, 4) is 11.4 Å². The van der Waals surface area contributed by atoms with E-state index in [1.165, 1.54) is 0 Å². The molecule has 1 aromatic carbocycles. The van der Waals surface area contributed by atoms with Crippen LogP contribution in [0.5, 0.6) is 0 Å². The first-order valence-electron chi connectivity index (χ1n) is 7.82. The van der Waals surface area contributed by atoms with Crippen molar-refractivity contribution in [1.82, 2.24) is 15.0 Å². The average molecular weight is 321 g/mol. The number of aliphatic hydroxyl groups is 1. The highest BCUT2D eigenvalue weighted by Crippen LogP contribution is 2.22. The average Bonchev–Trinajstić information content (AvgIpc) is 2.63. The first kappa shape index (κ1) is 15.9. The monoisotopic (exact) mass is 321 g/mol. The van der Waals surface area contributed by atoms with Gasteiger partial charge in [0.15, 0.2) is 0 Å². The van der Waals surface area contributed by atoms with Gasteiger partial charge < -0.3 is 15.7 Å². The van der Waals surface area contributed by atoms with Crippen LogP contribution in [0.2, 0.25) is 0 Å². The lowest BCUT2D eigenvalue weighted by Crippen LogP contribution is -2.09. The van der Waals surface area contributed by atoms with Gasteiger partial charge in [0.05, 0.1) is 11.4 Å². The molecule has 2 aromatic heterocycles. The van der Waals surface area contributed by atoms with Gasteiger partial charge in [-0.25, -0.2) is 4.98 Å². The maximum absolute atomic E-state index is 8.92. The number of aliphatic hydroxyl groups excluding tert-OH is 1. The number of nitrogens with one attached hydrogen (secondary N) is 2. The Morgan fingerprint density at radius 2 is 1.75 bits per heavy atom. The van der Waals surface area contributed by atoms with Crippen molar-refractivity contribution >= 4 is 17.5 Å². The van der Waals surface area contributed by atoms with E-state index < -0.39 is 0 Å². The second-order valence-corrected chi connectivity index (χ2v) is 5.17. The lowest BCUT2D eigenvalue weighted by molar-refractivity contribution is 0.292. The zero-order valence-corrected chi connectivity index (χ0v) is 13.2. The van der Waals surface area contributed by atoms with E-state index in [4.69, 9.17) is 5.11 Å². The fourth-order valence-electron chi connectivity index (χ4n) is 2.18. The van der Waals surface area contributed by atoms with E-state index in [1.54, 1.807) is 6.20 Å². The third-order valence-electron chi connectivity index (χ3n) is 3.32. The molecule has 3 aromatic rings. The molecular formula is C18H19N5O. The molecule has 0 saturated heterocycles. The molecule has 0 radical (unpaired) electrons. The summed E-state index contributed by atoms with van der Waals surface area (Å²) in [5, 5.41) is 15.3. The van der Waals surface area contributed by atoms with Crippen LogP contribution in [-0.2, 0) is 0 Å². The second kappa shape index (κ2) is 8.03. The molecule has 3 N–H and O–H groups in total. The van der Waals surface area contributed by atoms with Crippen LogP contribution >= 0.6 is 0 Å². The summed E-state index contributed by atoms with van der Waals surface area (Å²) in [6.07, 6.45) is 2.37. The largest absolute Gasteiger partial charge is 0.396 e. The molecule has 0 unspecified atom stereocenters. The summed E-state index contributed by atoms with van der Waals surface area (Å²) in [5.41, 5.74) is 2.46. The zero-order valence-electron chi connectivity index (χ0n) is 13.2. The van der Waals surface area contributed by atoms with E-state index in [9.17, 15) is 0 Å². The molecule has 6 heteroatoms. The Bertz CT molecular complexity index is 765. The number of rotatable bonds is 7. The van der Waals surface area contributed by atoms with Crippen LogP contribution < -0.4 is 10.6 Å². The minimum absolute atomic E-state index is 0.127. The summed E-state index contributed by atoms with van der Waals surface area (Å²) in [6, 6.07) is 17.4. The van der Waals surface area contributed by atoms with E-state index in [-0.39, 0.29) is 6.61 Å². The molecule has 0 aliphatic rings. The first-order valence-corrected chi connectivity index (χ1v) is 7.82. The van der Waals surface area contributed by atoms with E-state index in [0.29, 0.717) is 24.7 Å². The molecule has 122 valence electrons. The summed E-state index contributed by atoms with van der Waals surface area (Å²) in [4.78, 5) is 13.3. The Labute approximate surface area is 140 Å². The first-order chi connectivity index (χ1) is 11.8. The number of benzene rings is 1. The molecule has 3 rings (SSSR count). The van der Waals surface area contributed by atoms with Crippen LogP contribution in [0.15, 0.2) is 60.8 Å². The van der Waals surface area contributed by atoms with Gasteiger partial charge in [-0.2, -0.15) is 4.98 Å². The molecule has 24 heavy (non-hydrogen) atoms. The molecule has 0 fully saturated rings. The SMILES string of the molecule is OCCCNc1nc(Nc2ccccc2)cc(-c2ccccn2)n1. The van der Waals surface area contributed by atoms with Crippen molar-refractivity contribution in [2.75, 3.05) is 23.8 Å². The molecule has 0 spiro atoms. The number of hydrogen-bond acceptors (Lipinski definition) is 6. The van der Waals surface area contributed by atoms with Crippen LogP contribution in [0.4, 0.5) is 17.5 Å². The van der Waals surface area contributed by atoms with Crippen LogP contribution in [0.3, 0.4) is 0 Å². The fourth-order valence-corrected chi connectivity index (χ4v) is 2.18. The maximum atomic E-state index is 8.92. The minimum atomic E-state index is 0.127. The Balaban J connectivity index is 1.90. The molecular weight excluding hydrogens is 302 g/mol. The predicted molar refractivity (Wildman–Crippen MR) is 95.2 cm³/mol. The van der Waals surface area contributed by atoms with Crippen molar-refractivity contribution in [2.24, 2.45) is 0 Å². The highest BCUT2D eigenvalue weighted by molar-refractivity contribution is 5.65. The van der Waals surface area contributed by atoms with E-state index >= 15 is 0 Å². The van der Waals surface area contributed by atoms with E-state index in [0.717, 1.165) is 17.1 Å². The topological polar surface area (TPSA) is 83.0 Å². The van der Waals surface area contributed by atoms with Crippen LogP contribution in [0.1, 0.15) is 6.42 Å². The van der Waals surface area contributed by atoms with Gasteiger partial charge in [-0.3, -0.25) is 4.98 Å². The Morgan fingerprint density at radius 1 is 0.917 bits per heavy atom. The smallest absolute Gasteiger partial charge is 0.225 e. The maximum Gasteiger partial charge on any atom is 0.225 e. The van der Waals surface area contributed by atoms with Gasteiger partial charge in [0, 0.05) is 31.1 Å². The molecule has 0 bridgehead atoms. The van der Waals surface area contributed by atoms with Gasteiger partial charge in [-0.15, -0.1) is 0 Å². The fraction of sp³-hybridized carbons (Fsp3) is 0.167. The summed E-state index contributed by atoms with van der Waals surface area (Å²) in [5.74, 6) is 1.19. The predicted octanol–water partition coefficient (Wildman–Crippen LogP) is 3.08. The third-order valence-corrected chi connectivity index (χ3v) is 3.32. The van der Waals surface area contributed by atoms with E-state index in [2.05, 4.69) is 25.6 Å². The highest BCUT2D eigenvalue weighted by atomic mass is 16.3. The van der Waals surface area contributed by atoms with Gasteiger partial charge in [0.25, 0.3) is 0 Å². The van der Waals surface area contributed by atoms with Crippen molar-refractivity contribution in [2.45, 2.75) is 6.42 Å². The van der Waals surface area contributed by atoms with Gasteiger partial charge >= 0.3 is 0 Å². The molecule has 0 aliphatic heterocycles. The quantitative estimate of drug-likeness (QED) is 0.580. The minimum Gasteiger partial charge on any atom is -0.396 e. The number of hydrogen-bond donors (Lipinski definition) is 3. The molecule has 0 atom stereocenters. The summed E-state index contributed by atoms with van der Waals surface area (Å²) >= 11 is 0. The lowest BCUT2D eigenvalue weighted by Gasteiger charge is -2.11. The van der Waals surface area contributed by atoms with Gasteiger partial charge in [-0.05, 0) is 30.7 Å². The van der Waals surface area contributed by atoms with Crippen LogP contribution in [0.25, 0.3) is 11.4 Å². The number of anilines is 3. The van der Waals surface area contributed by atoms with Crippen LogP contribution in [0, 0.1) is 0 Å². The molecule has 0 amide bonds. The number of nitrogens with zero attached hydrogens (tertiary/aromatic N) is 3. The number of para-hydroxylation sites is 1. The molecule has 6 nitrogen and oxygen atoms in total. The third kappa shape index (κ3) is 4.27. The zero-order chi connectivity index (χ0) is 16.6. The normalized spacial score (nSPS) is 10.4. The molecule has 0 aliphatic carbocycles. The van der Waals surface area contributed by atoms with E-state index in [1.807, 2.05) is 54.6 Å². The van der Waals surface area contributed by atoms with Crippen molar-refractivity contribution in [3.63, 3.8) is 0 Å². The van der Waals surface area contributed by atoms with Gasteiger partial charge in [0.1, 0.15) is 5.82 Å². The second-order valence-electron chi connectivity index (χ2n) is 5.17. The Kier molecular flexibility index (Phi) is 5.32. The lowest BCUT2D eigenvalue weighted by atomic mass is 10.2.